The van der Waals surface area contributed by atoms with Gasteiger partial charge >= 0.3 is 0 Å². The molecule has 7 nitrogen and oxygen atoms in total. The molecule has 0 radical (unpaired) electrons. The van der Waals surface area contributed by atoms with Gasteiger partial charge in [0.1, 0.15) is 22.7 Å². The topological polar surface area (TPSA) is 73.8 Å². The lowest BCUT2D eigenvalue weighted by Crippen LogP contribution is -2.05. The molecule has 0 N–H and O–H groups in total. The average molecular weight is 377 g/mol. The van der Waals surface area contributed by atoms with Crippen LogP contribution in [0.4, 0.5) is 8.78 Å². The summed E-state index contributed by atoms with van der Waals surface area (Å²) in [5.74, 6) is -0.128. The second-order valence-electron chi connectivity index (χ2n) is 6.42. The van der Waals surface area contributed by atoms with Crippen molar-refractivity contribution >= 4 is 16.7 Å². The molecule has 3 aromatic heterocycles. The summed E-state index contributed by atoms with van der Waals surface area (Å²) in [6.45, 7) is 2.22. The Morgan fingerprint density at radius 1 is 0.857 bits per heavy atom. The van der Waals surface area contributed by atoms with Crippen molar-refractivity contribution < 1.29 is 8.78 Å². The minimum absolute atomic E-state index is 0.295. The summed E-state index contributed by atoms with van der Waals surface area (Å²) < 4.78 is 29.7. The third-order valence-electron chi connectivity index (χ3n) is 4.53. The molecule has 28 heavy (non-hydrogen) atoms. The average Bonchev–Trinajstić information content (AvgIpc) is 3.29. The highest BCUT2D eigenvalue weighted by Gasteiger charge is 2.19. The van der Waals surface area contributed by atoms with Crippen LogP contribution in [0.5, 0.6) is 0 Å². The third kappa shape index (κ3) is 2.59. The van der Waals surface area contributed by atoms with Gasteiger partial charge in [-0.2, -0.15) is 9.61 Å². The monoisotopic (exact) mass is 377 g/mol. The molecule has 0 bridgehead atoms. The van der Waals surface area contributed by atoms with Crippen LogP contribution in [0, 0.1) is 18.6 Å². The molecular formula is C19H13F2N7. The van der Waals surface area contributed by atoms with Crippen LogP contribution < -0.4 is 0 Å². The van der Waals surface area contributed by atoms with Crippen LogP contribution in [0.1, 0.15) is 11.3 Å². The maximum absolute atomic E-state index is 13.3. The molecule has 0 saturated heterocycles. The van der Waals surface area contributed by atoms with Gasteiger partial charge in [0.25, 0.3) is 0 Å². The van der Waals surface area contributed by atoms with E-state index in [1.165, 1.54) is 24.3 Å². The van der Waals surface area contributed by atoms with E-state index < -0.39 is 0 Å². The van der Waals surface area contributed by atoms with Crippen molar-refractivity contribution in [2.24, 2.45) is 0 Å². The molecule has 0 amide bonds. The van der Waals surface area contributed by atoms with Crippen LogP contribution in [0.15, 0.2) is 48.5 Å². The highest BCUT2D eigenvalue weighted by Crippen LogP contribution is 2.24. The first-order chi connectivity index (χ1) is 13.6. The fourth-order valence-electron chi connectivity index (χ4n) is 3.15. The zero-order valence-electron chi connectivity index (χ0n) is 14.7. The minimum Gasteiger partial charge on any atom is -0.236 e. The lowest BCUT2D eigenvalue weighted by atomic mass is 10.2. The number of halogens is 2. The highest BCUT2D eigenvalue weighted by molar-refractivity contribution is 5.89. The lowest BCUT2D eigenvalue weighted by Gasteiger charge is -2.05. The van der Waals surface area contributed by atoms with E-state index in [1.807, 2.05) is 6.92 Å². The largest absolute Gasteiger partial charge is 0.236 e. The van der Waals surface area contributed by atoms with Crippen LogP contribution in [-0.4, -0.2) is 34.8 Å². The molecule has 0 aliphatic rings. The van der Waals surface area contributed by atoms with E-state index in [0.717, 1.165) is 5.56 Å². The van der Waals surface area contributed by atoms with E-state index in [4.69, 9.17) is 0 Å². The summed E-state index contributed by atoms with van der Waals surface area (Å²) in [7, 11) is 0. The number of nitrogens with zero attached hydrogens (tertiary/aromatic N) is 7. The van der Waals surface area contributed by atoms with Gasteiger partial charge in [-0.15, -0.1) is 15.3 Å². The van der Waals surface area contributed by atoms with Crippen molar-refractivity contribution in [1.29, 1.82) is 0 Å². The molecular weight excluding hydrogens is 364 g/mol. The summed E-state index contributed by atoms with van der Waals surface area (Å²) >= 11 is 0. The van der Waals surface area contributed by atoms with Gasteiger partial charge in [-0.1, -0.05) is 17.3 Å². The summed E-state index contributed by atoms with van der Waals surface area (Å²) in [4.78, 5) is 0. The predicted molar refractivity (Wildman–Crippen MR) is 97.5 cm³/mol. The fourth-order valence-corrected chi connectivity index (χ4v) is 3.15. The van der Waals surface area contributed by atoms with Crippen LogP contribution >= 0.6 is 0 Å². The first-order valence-electron chi connectivity index (χ1n) is 8.56. The summed E-state index contributed by atoms with van der Waals surface area (Å²) in [5, 5.41) is 21.5. The number of hydrogen-bond acceptors (Lipinski definition) is 5. The lowest BCUT2D eigenvalue weighted by molar-refractivity contribution is 0.624. The number of aromatic nitrogens is 7. The van der Waals surface area contributed by atoms with Crippen molar-refractivity contribution in [3.8, 4) is 11.4 Å². The molecule has 138 valence electrons. The molecule has 5 rings (SSSR count). The Kier molecular flexibility index (Phi) is 3.61. The Balaban J connectivity index is 1.69. The zero-order valence-corrected chi connectivity index (χ0v) is 14.7. The standard InChI is InChI=1S/C19H13F2N7/c1-11-16-17(27(26-22-16)10-12-2-6-14(20)7-3-12)19-24-23-18(28(19)25-11)13-4-8-15(21)9-5-13/h2-9H,10H2,1H3. The third-order valence-corrected chi connectivity index (χ3v) is 4.53. The van der Waals surface area contributed by atoms with Gasteiger partial charge in [-0.25, -0.2) is 13.5 Å². The van der Waals surface area contributed by atoms with Crippen molar-refractivity contribution in [2.75, 3.05) is 0 Å². The Hall–Kier alpha value is -3.75. The van der Waals surface area contributed by atoms with Crippen LogP contribution in [0.2, 0.25) is 0 Å². The Morgan fingerprint density at radius 2 is 1.54 bits per heavy atom. The SMILES string of the molecule is Cc1nn2c(-c3ccc(F)cc3)nnc2c2c1nnn2Cc1ccc(F)cc1. The molecule has 0 unspecified atom stereocenters. The first kappa shape index (κ1) is 16.4. The second kappa shape index (κ2) is 6.15. The molecule has 0 atom stereocenters. The maximum Gasteiger partial charge on any atom is 0.205 e. The molecule has 0 aliphatic heterocycles. The zero-order chi connectivity index (χ0) is 19.3. The van der Waals surface area contributed by atoms with Gasteiger partial charge in [0.2, 0.25) is 5.65 Å². The maximum atomic E-state index is 13.3. The molecule has 0 fully saturated rings. The predicted octanol–water partition coefficient (Wildman–Crippen LogP) is 3.17. The quantitative estimate of drug-likeness (QED) is 0.483. The smallest absolute Gasteiger partial charge is 0.205 e. The van der Waals surface area contributed by atoms with Gasteiger partial charge in [-0.05, 0) is 48.9 Å². The van der Waals surface area contributed by atoms with Crippen LogP contribution in [0.25, 0.3) is 28.1 Å². The van der Waals surface area contributed by atoms with Gasteiger partial charge < -0.3 is 0 Å². The normalized spacial score (nSPS) is 11.5. The number of aryl methyl sites for hydroxylation is 1. The summed E-state index contributed by atoms with van der Waals surface area (Å²) in [6, 6.07) is 12.2. The summed E-state index contributed by atoms with van der Waals surface area (Å²) in [5.41, 5.74) is 4.02. The van der Waals surface area contributed by atoms with E-state index in [2.05, 4.69) is 25.6 Å². The fraction of sp³-hybridized carbons (Fsp3) is 0.105. The Morgan fingerprint density at radius 3 is 2.25 bits per heavy atom. The van der Waals surface area contributed by atoms with E-state index >= 15 is 0 Å². The van der Waals surface area contributed by atoms with Gasteiger partial charge in [0.05, 0.1) is 12.2 Å². The summed E-state index contributed by atoms with van der Waals surface area (Å²) in [6.07, 6.45) is 0. The van der Waals surface area contributed by atoms with Crippen molar-refractivity contribution in [3.05, 3.63) is 71.4 Å². The van der Waals surface area contributed by atoms with E-state index in [9.17, 15) is 8.78 Å². The number of hydrogen-bond donors (Lipinski definition) is 0. The first-order valence-corrected chi connectivity index (χ1v) is 8.56. The number of benzene rings is 2. The molecule has 2 aromatic carbocycles. The molecule has 9 heteroatoms. The molecule has 3 heterocycles. The van der Waals surface area contributed by atoms with Crippen molar-refractivity contribution in [1.82, 2.24) is 34.8 Å². The Bertz CT molecular complexity index is 1300. The molecule has 0 aliphatic carbocycles. The van der Waals surface area contributed by atoms with Gasteiger partial charge in [-0.3, -0.25) is 0 Å². The molecule has 0 spiro atoms. The highest BCUT2D eigenvalue weighted by atomic mass is 19.1. The van der Waals surface area contributed by atoms with Crippen molar-refractivity contribution in [3.63, 3.8) is 0 Å². The molecule has 5 aromatic rings. The van der Waals surface area contributed by atoms with Crippen LogP contribution in [-0.2, 0) is 6.54 Å². The van der Waals surface area contributed by atoms with Gasteiger partial charge in [0, 0.05) is 5.56 Å². The van der Waals surface area contributed by atoms with E-state index in [-0.39, 0.29) is 11.6 Å². The number of fused-ring (bicyclic) bond motifs is 3. The van der Waals surface area contributed by atoms with Gasteiger partial charge in [0.15, 0.2) is 5.82 Å². The number of rotatable bonds is 3. The molecule has 0 saturated carbocycles. The minimum atomic E-state index is -0.328. The Labute approximate surface area is 157 Å². The second-order valence-corrected chi connectivity index (χ2v) is 6.42. The van der Waals surface area contributed by atoms with E-state index in [0.29, 0.717) is 40.3 Å². The van der Waals surface area contributed by atoms with Crippen LogP contribution in [0.3, 0.4) is 0 Å². The van der Waals surface area contributed by atoms with E-state index in [1.54, 1.807) is 33.5 Å². The van der Waals surface area contributed by atoms with Crippen molar-refractivity contribution in [2.45, 2.75) is 13.5 Å².